The zero-order valence-corrected chi connectivity index (χ0v) is 12.5. The van der Waals surface area contributed by atoms with Gasteiger partial charge in [-0.05, 0) is 49.7 Å². The summed E-state index contributed by atoms with van der Waals surface area (Å²) in [5, 5.41) is 0. The van der Waals surface area contributed by atoms with Gasteiger partial charge in [-0.15, -0.1) is 0 Å². The topological polar surface area (TPSA) is 19.4 Å². The van der Waals surface area contributed by atoms with E-state index < -0.39 is 0 Å². The second kappa shape index (κ2) is 5.03. The van der Waals surface area contributed by atoms with E-state index in [4.69, 9.17) is 0 Å². The Balaban J connectivity index is 1.40. The highest BCUT2D eigenvalue weighted by molar-refractivity contribution is 5.46. The summed E-state index contributed by atoms with van der Waals surface area (Å²) in [4.78, 5) is 9.82. The van der Waals surface area contributed by atoms with Crippen LogP contribution in [0.1, 0.15) is 31.2 Å². The molecule has 2 aliphatic carbocycles. The summed E-state index contributed by atoms with van der Waals surface area (Å²) in [5.41, 5.74) is 1.31. The predicted molar refractivity (Wildman–Crippen MR) is 82.0 cm³/mol. The number of fused-ring (bicyclic) bond motifs is 2. The van der Waals surface area contributed by atoms with Crippen LogP contribution in [0.2, 0.25) is 0 Å². The lowest BCUT2D eigenvalue weighted by atomic mass is 9.93. The average Bonchev–Trinajstić information content (AvgIpc) is 3.11. The van der Waals surface area contributed by atoms with E-state index in [9.17, 15) is 0 Å². The standard InChI is InChI=1S/C17H25N3/c1-13-3-2-6-18-17(13)20-9-7-19(8-10-20)16-12-14-4-5-15(16)11-14/h2-3,6,14-16H,4-5,7-12H2,1H3/t14-,15-,16+/m0/s1. The van der Waals surface area contributed by atoms with Crippen LogP contribution < -0.4 is 4.90 Å². The minimum absolute atomic E-state index is 0.903. The summed E-state index contributed by atoms with van der Waals surface area (Å²) in [6, 6.07) is 5.11. The Bertz CT molecular complexity index is 479. The van der Waals surface area contributed by atoms with Crippen molar-refractivity contribution in [2.45, 2.75) is 38.6 Å². The molecular weight excluding hydrogens is 246 g/mol. The van der Waals surface area contributed by atoms with Crippen molar-refractivity contribution in [1.82, 2.24) is 9.88 Å². The molecule has 108 valence electrons. The monoisotopic (exact) mass is 271 g/mol. The van der Waals surface area contributed by atoms with Gasteiger partial charge in [-0.3, -0.25) is 4.90 Å². The van der Waals surface area contributed by atoms with E-state index in [0.717, 1.165) is 31.0 Å². The smallest absolute Gasteiger partial charge is 0.131 e. The molecule has 3 atom stereocenters. The molecular formula is C17H25N3. The van der Waals surface area contributed by atoms with E-state index in [0.29, 0.717) is 0 Å². The van der Waals surface area contributed by atoms with Crippen molar-refractivity contribution >= 4 is 5.82 Å². The lowest BCUT2D eigenvalue weighted by Crippen LogP contribution is -2.52. The van der Waals surface area contributed by atoms with Gasteiger partial charge in [0, 0.05) is 38.4 Å². The number of aryl methyl sites for hydroxylation is 1. The summed E-state index contributed by atoms with van der Waals surface area (Å²) in [7, 11) is 0. The molecule has 3 fully saturated rings. The van der Waals surface area contributed by atoms with Crippen LogP contribution >= 0.6 is 0 Å². The maximum Gasteiger partial charge on any atom is 0.131 e. The average molecular weight is 271 g/mol. The van der Waals surface area contributed by atoms with E-state index in [1.165, 1.54) is 50.2 Å². The highest BCUT2D eigenvalue weighted by Gasteiger charge is 2.42. The summed E-state index contributed by atoms with van der Waals surface area (Å²) < 4.78 is 0. The van der Waals surface area contributed by atoms with Crippen LogP contribution in [0.15, 0.2) is 18.3 Å². The second-order valence-electron chi connectivity index (χ2n) is 6.91. The molecule has 20 heavy (non-hydrogen) atoms. The molecule has 0 spiro atoms. The summed E-state index contributed by atoms with van der Waals surface area (Å²) in [6.45, 7) is 6.91. The van der Waals surface area contributed by atoms with Gasteiger partial charge in [0.25, 0.3) is 0 Å². The molecule has 0 N–H and O–H groups in total. The third-order valence-corrected chi connectivity index (χ3v) is 5.77. The number of aromatic nitrogens is 1. The zero-order chi connectivity index (χ0) is 13.5. The first-order valence-electron chi connectivity index (χ1n) is 8.22. The van der Waals surface area contributed by atoms with Gasteiger partial charge in [-0.1, -0.05) is 12.5 Å². The summed E-state index contributed by atoms with van der Waals surface area (Å²) in [5.74, 6) is 3.27. The van der Waals surface area contributed by atoms with Gasteiger partial charge in [0.15, 0.2) is 0 Å². The minimum atomic E-state index is 0.903. The molecule has 3 heteroatoms. The Morgan fingerprint density at radius 3 is 2.60 bits per heavy atom. The molecule has 2 heterocycles. The summed E-state index contributed by atoms with van der Waals surface area (Å²) >= 11 is 0. The molecule has 0 radical (unpaired) electrons. The molecule has 0 aromatic carbocycles. The van der Waals surface area contributed by atoms with Crippen molar-refractivity contribution in [1.29, 1.82) is 0 Å². The van der Waals surface area contributed by atoms with Gasteiger partial charge in [0.2, 0.25) is 0 Å². The van der Waals surface area contributed by atoms with Gasteiger partial charge < -0.3 is 4.90 Å². The van der Waals surface area contributed by atoms with Crippen LogP contribution in [0.25, 0.3) is 0 Å². The van der Waals surface area contributed by atoms with Crippen LogP contribution in [0.5, 0.6) is 0 Å². The third-order valence-electron chi connectivity index (χ3n) is 5.77. The second-order valence-corrected chi connectivity index (χ2v) is 6.91. The molecule has 0 unspecified atom stereocenters. The number of anilines is 1. The molecule has 3 aliphatic rings. The number of hydrogen-bond acceptors (Lipinski definition) is 3. The lowest BCUT2D eigenvalue weighted by molar-refractivity contribution is 0.134. The van der Waals surface area contributed by atoms with Crippen LogP contribution in [0.4, 0.5) is 5.82 Å². The Morgan fingerprint density at radius 2 is 1.95 bits per heavy atom. The molecule has 1 aromatic heterocycles. The van der Waals surface area contributed by atoms with E-state index in [1.54, 1.807) is 0 Å². The van der Waals surface area contributed by atoms with Crippen molar-refractivity contribution < 1.29 is 0 Å². The van der Waals surface area contributed by atoms with Crippen LogP contribution in [0, 0.1) is 18.8 Å². The number of pyridine rings is 1. The third kappa shape index (κ3) is 2.12. The molecule has 1 saturated heterocycles. The number of hydrogen-bond donors (Lipinski definition) is 0. The van der Waals surface area contributed by atoms with E-state index in [2.05, 4.69) is 27.8 Å². The highest BCUT2D eigenvalue weighted by atomic mass is 15.3. The minimum Gasteiger partial charge on any atom is -0.354 e. The quantitative estimate of drug-likeness (QED) is 0.824. The number of nitrogens with zero attached hydrogens (tertiary/aromatic N) is 3. The predicted octanol–water partition coefficient (Wildman–Crippen LogP) is 2.70. The Hall–Kier alpha value is -1.09. The first-order chi connectivity index (χ1) is 9.81. The number of piperazine rings is 1. The molecule has 4 rings (SSSR count). The SMILES string of the molecule is Cc1cccnc1N1CCN([C@@H]2C[C@H]3CC[C@H]2C3)CC1. The van der Waals surface area contributed by atoms with Gasteiger partial charge >= 0.3 is 0 Å². The maximum atomic E-state index is 4.57. The molecule has 1 aliphatic heterocycles. The number of rotatable bonds is 2. The molecule has 0 amide bonds. The Labute approximate surface area is 122 Å². The van der Waals surface area contributed by atoms with E-state index in [-0.39, 0.29) is 0 Å². The van der Waals surface area contributed by atoms with Crippen LogP contribution in [-0.2, 0) is 0 Å². The molecule has 1 aromatic rings. The normalized spacial score (nSPS) is 33.9. The van der Waals surface area contributed by atoms with Crippen molar-refractivity contribution in [3.8, 4) is 0 Å². The van der Waals surface area contributed by atoms with Gasteiger partial charge in [0.05, 0.1) is 0 Å². The van der Waals surface area contributed by atoms with Gasteiger partial charge in [-0.2, -0.15) is 0 Å². The molecule has 2 saturated carbocycles. The summed E-state index contributed by atoms with van der Waals surface area (Å²) in [6.07, 6.45) is 7.92. The lowest BCUT2D eigenvalue weighted by Gasteiger charge is -2.41. The van der Waals surface area contributed by atoms with E-state index >= 15 is 0 Å². The Morgan fingerprint density at radius 1 is 1.10 bits per heavy atom. The zero-order valence-electron chi connectivity index (χ0n) is 12.5. The highest BCUT2D eigenvalue weighted by Crippen LogP contribution is 2.46. The van der Waals surface area contributed by atoms with Crippen molar-refractivity contribution in [2.24, 2.45) is 11.8 Å². The van der Waals surface area contributed by atoms with Crippen molar-refractivity contribution in [3.63, 3.8) is 0 Å². The largest absolute Gasteiger partial charge is 0.354 e. The van der Waals surface area contributed by atoms with Crippen molar-refractivity contribution in [2.75, 3.05) is 31.1 Å². The fourth-order valence-corrected chi connectivity index (χ4v) is 4.73. The first-order valence-corrected chi connectivity index (χ1v) is 8.22. The maximum absolute atomic E-state index is 4.57. The molecule has 3 nitrogen and oxygen atoms in total. The fourth-order valence-electron chi connectivity index (χ4n) is 4.73. The van der Waals surface area contributed by atoms with Crippen LogP contribution in [0.3, 0.4) is 0 Å². The fraction of sp³-hybridized carbons (Fsp3) is 0.706. The van der Waals surface area contributed by atoms with Gasteiger partial charge in [-0.25, -0.2) is 4.98 Å². The van der Waals surface area contributed by atoms with Crippen LogP contribution in [-0.4, -0.2) is 42.1 Å². The Kier molecular flexibility index (Phi) is 3.18. The molecule has 2 bridgehead atoms. The van der Waals surface area contributed by atoms with Gasteiger partial charge in [0.1, 0.15) is 5.82 Å². The van der Waals surface area contributed by atoms with E-state index in [1.807, 2.05) is 12.3 Å². The first kappa shape index (κ1) is 12.6. The van der Waals surface area contributed by atoms with Crippen molar-refractivity contribution in [3.05, 3.63) is 23.9 Å².